The molecule has 0 saturated heterocycles. The monoisotopic (exact) mass is 330 g/mol. The molecule has 0 heterocycles. The van der Waals surface area contributed by atoms with Gasteiger partial charge in [-0.15, -0.1) is 0 Å². The molecule has 0 aliphatic heterocycles. The number of carbonyl (C=O) groups is 2. The Balaban J connectivity index is 1.94. The third-order valence-corrected chi connectivity index (χ3v) is 3.80. The molecule has 0 radical (unpaired) electrons. The van der Waals surface area contributed by atoms with Crippen LogP contribution in [0.5, 0.6) is 0 Å². The highest BCUT2D eigenvalue weighted by Crippen LogP contribution is 2.15. The minimum atomic E-state index is -0.704. The van der Waals surface area contributed by atoms with Crippen LogP contribution >= 0.6 is 11.6 Å². The average molecular weight is 331 g/mol. The first-order valence-electron chi connectivity index (χ1n) is 7.46. The highest BCUT2D eigenvalue weighted by Gasteiger charge is 2.17. The van der Waals surface area contributed by atoms with E-state index in [4.69, 9.17) is 11.6 Å². The Kier molecular flexibility index (Phi) is 5.77. The minimum absolute atomic E-state index is 0.246. The molecule has 0 aliphatic rings. The van der Waals surface area contributed by atoms with Gasteiger partial charge in [-0.25, -0.2) is 0 Å². The molecule has 4 nitrogen and oxygen atoms in total. The van der Waals surface area contributed by atoms with E-state index in [0.717, 1.165) is 12.0 Å². The van der Waals surface area contributed by atoms with E-state index in [1.54, 1.807) is 24.3 Å². The molecule has 2 rings (SSSR count). The van der Waals surface area contributed by atoms with Crippen LogP contribution in [0.2, 0.25) is 5.02 Å². The second-order valence-electron chi connectivity index (χ2n) is 5.25. The predicted molar refractivity (Wildman–Crippen MR) is 92.5 cm³/mol. The SMILES string of the molecule is CCc1ccc(C(C)NC(=O)C(=O)Nc2ccc(Cl)cc2)cc1. The van der Waals surface area contributed by atoms with Crippen LogP contribution in [0.15, 0.2) is 48.5 Å². The van der Waals surface area contributed by atoms with Crippen molar-refractivity contribution >= 4 is 29.1 Å². The number of nitrogens with one attached hydrogen (secondary N) is 2. The number of hydrogen-bond acceptors (Lipinski definition) is 2. The first kappa shape index (κ1) is 17.0. The van der Waals surface area contributed by atoms with E-state index in [0.29, 0.717) is 10.7 Å². The van der Waals surface area contributed by atoms with E-state index >= 15 is 0 Å². The molecule has 2 aromatic carbocycles. The minimum Gasteiger partial charge on any atom is -0.341 e. The molecule has 1 atom stereocenters. The second kappa shape index (κ2) is 7.79. The van der Waals surface area contributed by atoms with Gasteiger partial charge in [0.25, 0.3) is 0 Å². The van der Waals surface area contributed by atoms with E-state index in [1.165, 1.54) is 5.56 Å². The number of anilines is 1. The maximum absolute atomic E-state index is 12.0. The Bertz CT molecular complexity index is 681. The van der Waals surface area contributed by atoms with Crippen molar-refractivity contribution in [3.8, 4) is 0 Å². The summed E-state index contributed by atoms with van der Waals surface area (Å²) in [7, 11) is 0. The Hall–Kier alpha value is -2.33. The molecule has 2 N–H and O–H groups in total. The first-order chi connectivity index (χ1) is 11.0. The Labute approximate surface area is 140 Å². The molecule has 23 heavy (non-hydrogen) atoms. The highest BCUT2D eigenvalue weighted by molar-refractivity contribution is 6.39. The lowest BCUT2D eigenvalue weighted by Gasteiger charge is -2.14. The lowest BCUT2D eigenvalue weighted by Crippen LogP contribution is -2.36. The van der Waals surface area contributed by atoms with Gasteiger partial charge >= 0.3 is 11.8 Å². The van der Waals surface area contributed by atoms with Crippen LogP contribution in [-0.4, -0.2) is 11.8 Å². The predicted octanol–water partition coefficient (Wildman–Crippen LogP) is 3.72. The van der Waals surface area contributed by atoms with E-state index in [-0.39, 0.29) is 6.04 Å². The van der Waals surface area contributed by atoms with Crippen molar-refractivity contribution in [3.05, 3.63) is 64.7 Å². The normalized spacial score (nSPS) is 11.6. The number of halogens is 1. The lowest BCUT2D eigenvalue weighted by atomic mass is 10.1. The smallest absolute Gasteiger partial charge is 0.313 e. The number of benzene rings is 2. The standard InChI is InChI=1S/C18H19ClN2O2/c1-3-13-4-6-14(7-5-13)12(2)20-17(22)18(23)21-16-10-8-15(19)9-11-16/h4-12H,3H2,1-2H3,(H,20,22)(H,21,23). The fraction of sp³-hybridized carbons (Fsp3) is 0.222. The molecule has 0 aliphatic carbocycles. The summed E-state index contributed by atoms with van der Waals surface area (Å²) < 4.78 is 0. The van der Waals surface area contributed by atoms with Gasteiger partial charge in [-0.3, -0.25) is 9.59 Å². The van der Waals surface area contributed by atoms with Crippen LogP contribution in [0.4, 0.5) is 5.69 Å². The summed E-state index contributed by atoms with van der Waals surface area (Å²) in [6.07, 6.45) is 0.963. The van der Waals surface area contributed by atoms with Gasteiger partial charge in [0, 0.05) is 10.7 Å². The number of hydrogen-bond donors (Lipinski definition) is 2. The number of amides is 2. The van der Waals surface area contributed by atoms with E-state index in [2.05, 4.69) is 17.6 Å². The largest absolute Gasteiger partial charge is 0.341 e. The summed E-state index contributed by atoms with van der Waals surface area (Å²) >= 11 is 5.78. The molecule has 0 saturated carbocycles. The van der Waals surface area contributed by atoms with Crippen molar-refractivity contribution in [2.24, 2.45) is 0 Å². The van der Waals surface area contributed by atoms with Crippen molar-refractivity contribution in [3.63, 3.8) is 0 Å². The van der Waals surface area contributed by atoms with Gasteiger partial charge in [-0.2, -0.15) is 0 Å². The zero-order valence-electron chi connectivity index (χ0n) is 13.1. The Morgan fingerprint density at radius 3 is 2.17 bits per heavy atom. The highest BCUT2D eigenvalue weighted by atomic mass is 35.5. The van der Waals surface area contributed by atoms with E-state index in [1.807, 2.05) is 31.2 Å². The number of rotatable bonds is 4. The summed E-state index contributed by atoms with van der Waals surface area (Å²) in [5, 5.41) is 5.79. The van der Waals surface area contributed by atoms with Gasteiger partial charge in [0.15, 0.2) is 0 Å². The second-order valence-corrected chi connectivity index (χ2v) is 5.69. The average Bonchev–Trinajstić information content (AvgIpc) is 2.56. The fourth-order valence-corrected chi connectivity index (χ4v) is 2.23. The molecule has 0 bridgehead atoms. The van der Waals surface area contributed by atoms with Gasteiger partial charge in [-0.1, -0.05) is 42.8 Å². The van der Waals surface area contributed by atoms with Crippen LogP contribution < -0.4 is 10.6 Å². The Morgan fingerprint density at radius 1 is 1.00 bits per heavy atom. The van der Waals surface area contributed by atoms with E-state index < -0.39 is 11.8 Å². The Morgan fingerprint density at radius 2 is 1.61 bits per heavy atom. The van der Waals surface area contributed by atoms with Crippen LogP contribution in [0.1, 0.15) is 31.0 Å². The molecule has 0 aromatic heterocycles. The maximum Gasteiger partial charge on any atom is 0.313 e. The summed E-state index contributed by atoms with van der Waals surface area (Å²) in [5.41, 5.74) is 2.71. The molecule has 1 unspecified atom stereocenters. The molecule has 2 amide bonds. The first-order valence-corrected chi connectivity index (χ1v) is 7.83. The van der Waals surface area contributed by atoms with Gasteiger partial charge in [0.1, 0.15) is 0 Å². The third-order valence-electron chi connectivity index (χ3n) is 3.54. The fourth-order valence-electron chi connectivity index (χ4n) is 2.11. The lowest BCUT2D eigenvalue weighted by molar-refractivity contribution is -0.136. The molecule has 5 heteroatoms. The summed E-state index contributed by atoms with van der Waals surface area (Å²) in [4.78, 5) is 23.9. The van der Waals surface area contributed by atoms with Crippen molar-refractivity contribution in [1.82, 2.24) is 5.32 Å². The van der Waals surface area contributed by atoms with Gasteiger partial charge in [0.2, 0.25) is 0 Å². The molecular formula is C18H19ClN2O2. The molecule has 120 valence electrons. The van der Waals surface area contributed by atoms with Crippen LogP contribution in [0, 0.1) is 0 Å². The zero-order chi connectivity index (χ0) is 16.8. The van der Waals surface area contributed by atoms with Crippen molar-refractivity contribution < 1.29 is 9.59 Å². The van der Waals surface area contributed by atoms with Gasteiger partial charge in [-0.05, 0) is 48.7 Å². The van der Waals surface area contributed by atoms with Crippen molar-refractivity contribution in [2.75, 3.05) is 5.32 Å². The molecule has 2 aromatic rings. The zero-order valence-corrected chi connectivity index (χ0v) is 13.9. The van der Waals surface area contributed by atoms with Crippen molar-refractivity contribution in [2.45, 2.75) is 26.3 Å². The molecule has 0 fully saturated rings. The van der Waals surface area contributed by atoms with Crippen molar-refractivity contribution in [1.29, 1.82) is 0 Å². The maximum atomic E-state index is 12.0. The summed E-state index contributed by atoms with van der Waals surface area (Å²) in [6.45, 7) is 3.93. The topological polar surface area (TPSA) is 58.2 Å². The number of carbonyl (C=O) groups excluding carboxylic acids is 2. The van der Waals surface area contributed by atoms with Crippen LogP contribution in [-0.2, 0) is 16.0 Å². The van der Waals surface area contributed by atoms with Gasteiger partial charge < -0.3 is 10.6 Å². The van der Waals surface area contributed by atoms with E-state index in [9.17, 15) is 9.59 Å². The van der Waals surface area contributed by atoms with Crippen LogP contribution in [0.3, 0.4) is 0 Å². The summed E-state index contributed by atoms with van der Waals surface area (Å²) in [6, 6.07) is 14.3. The van der Waals surface area contributed by atoms with Crippen LogP contribution in [0.25, 0.3) is 0 Å². The molecular weight excluding hydrogens is 312 g/mol. The number of aryl methyl sites for hydroxylation is 1. The summed E-state index contributed by atoms with van der Waals surface area (Å²) in [5.74, 6) is -1.38. The third kappa shape index (κ3) is 4.83. The molecule has 0 spiro atoms. The van der Waals surface area contributed by atoms with Gasteiger partial charge in [0.05, 0.1) is 6.04 Å². The quantitative estimate of drug-likeness (QED) is 0.839.